The van der Waals surface area contributed by atoms with Gasteiger partial charge in [-0.15, -0.1) is 0 Å². The second-order valence-electron chi connectivity index (χ2n) is 6.84. The van der Waals surface area contributed by atoms with Crippen molar-refractivity contribution in [2.45, 2.75) is 40.7 Å². The highest BCUT2D eigenvalue weighted by molar-refractivity contribution is 5.97. The van der Waals surface area contributed by atoms with Crippen LogP contribution in [-0.2, 0) is 9.59 Å². The monoisotopic (exact) mass is 353 g/mol. The maximum absolute atomic E-state index is 12.5. The highest BCUT2D eigenvalue weighted by Gasteiger charge is 2.15. The number of nitrogens with one attached hydrogen (secondary N) is 3. The van der Waals surface area contributed by atoms with E-state index in [0.29, 0.717) is 0 Å². The molecule has 138 valence electrons. The van der Waals surface area contributed by atoms with E-state index in [1.807, 2.05) is 77.1 Å². The Morgan fingerprint density at radius 3 is 1.85 bits per heavy atom. The molecule has 0 saturated heterocycles. The first-order valence-electron chi connectivity index (χ1n) is 8.82. The third-order valence-corrected chi connectivity index (χ3v) is 4.18. The number of anilines is 3. The predicted octanol–water partition coefficient (Wildman–Crippen LogP) is 4.34. The lowest BCUT2D eigenvalue weighted by atomic mass is 10.1. The summed E-state index contributed by atoms with van der Waals surface area (Å²) in [6.45, 7) is 9.47. The molecule has 0 aliphatic carbocycles. The lowest BCUT2D eigenvalue weighted by molar-refractivity contribution is -0.119. The van der Waals surface area contributed by atoms with Crippen molar-refractivity contribution in [3.05, 3.63) is 53.6 Å². The maximum Gasteiger partial charge on any atom is 0.246 e. The molecule has 1 unspecified atom stereocenters. The Hall–Kier alpha value is -2.82. The number of benzene rings is 2. The second kappa shape index (κ2) is 8.52. The van der Waals surface area contributed by atoms with Gasteiger partial charge in [0.15, 0.2) is 0 Å². The third kappa shape index (κ3) is 5.09. The lowest BCUT2D eigenvalue weighted by Gasteiger charge is -2.18. The van der Waals surface area contributed by atoms with Crippen LogP contribution in [0.1, 0.15) is 31.9 Å². The van der Waals surface area contributed by atoms with E-state index in [2.05, 4.69) is 16.0 Å². The van der Waals surface area contributed by atoms with Crippen LogP contribution >= 0.6 is 0 Å². The van der Waals surface area contributed by atoms with Crippen LogP contribution < -0.4 is 16.0 Å². The minimum Gasteiger partial charge on any atom is -0.374 e. The molecule has 0 heterocycles. The molecule has 0 bridgehead atoms. The molecule has 5 nitrogen and oxygen atoms in total. The number of aryl methyl sites for hydroxylation is 2. The highest BCUT2D eigenvalue weighted by Crippen LogP contribution is 2.20. The lowest BCUT2D eigenvalue weighted by Crippen LogP contribution is -2.32. The van der Waals surface area contributed by atoms with E-state index in [9.17, 15) is 9.59 Å². The molecule has 0 aromatic heterocycles. The first kappa shape index (κ1) is 19.5. The van der Waals surface area contributed by atoms with Gasteiger partial charge >= 0.3 is 0 Å². The summed E-state index contributed by atoms with van der Waals surface area (Å²) in [7, 11) is 0. The molecule has 3 N–H and O–H groups in total. The van der Waals surface area contributed by atoms with Crippen LogP contribution in [-0.4, -0.2) is 17.9 Å². The van der Waals surface area contributed by atoms with Crippen molar-refractivity contribution >= 4 is 28.9 Å². The molecule has 0 saturated carbocycles. The van der Waals surface area contributed by atoms with Crippen LogP contribution in [0.2, 0.25) is 0 Å². The predicted molar refractivity (Wildman–Crippen MR) is 108 cm³/mol. The normalized spacial score (nSPS) is 11.8. The fourth-order valence-electron chi connectivity index (χ4n) is 2.50. The van der Waals surface area contributed by atoms with Gasteiger partial charge in [0, 0.05) is 23.0 Å². The molecular weight excluding hydrogens is 326 g/mol. The highest BCUT2D eigenvalue weighted by atomic mass is 16.2. The molecule has 5 heteroatoms. The van der Waals surface area contributed by atoms with Crippen molar-refractivity contribution in [1.29, 1.82) is 0 Å². The van der Waals surface area contributed by atoms with Crippen molar-refractivity contribution in [2.75, 3.05) is 16.0 Å². The summed E-state index contributed by atoms with van der Waals surface area (Å²) >= 11 is 0. The van der Waals surface area contributed by atoms with Gasteiger partial charge in [0.1, 0.15) is 6.04 Å². The standard InChI is InChI=1S/C21H27N3O2/c1-13(2)20(25)23-18-11-9-17(10-12-18)22-16(5)21(26)24-19-14(3)7-6-8-15(19)4/h6-13,16,22H,1-5H3,(H,23,25)(H,24,26). The Bertz CT molecular complexity index is 762. The second-order valence-corrected chi connectivity index (χ2v) is 6.84. The average molecular weight is 353 g/mol. The number of amides is 2. The number of hydrogen-bond donors (Lipinski definition) is 3. The van der Waals surface area contributed by atoms with E-state index < -0.39 is 6.04 Å². The smallest absolute Gasteiger partial charge is 0.246 e. The first-order chi connectivity index (χ1) is 12.3. The van der Waals surface area contributed by atoms with E-state index >= 15 is 0 Å². The molecule has 0 fully saturated rings. The third-order valence-electron chi connectivity index (χ3n) is 4.18. The van der Waals surface area contributed by atoms with E-state index in [1.165, 1.54) is 0 Å². The van der Waals surface area contributed by atoms with Crippen molar-refractivity contribution in [1.82, 2.24) is 0 Å². The topological polar surface area (TPSA) is 70.2 Å². The summed E-state index contributed by atoms with van der Waals surface area (Å²) in [6, 6.07) is 12.9. The maximum atomic E-state index is 12.5. The Morgan fingerprint density at radius 2 is 1.31 bits per heavy atom. The number of carbonyl (C=O) groups excluding carboxylic acids is 2. The summed E-state index contributed by atoms with van der Waals surface area (Å²) in [5.74, 6) is -0.187. The number of rotatable bonds is 6. The van der Waals surface area contributed by atoms with E-state index in [1.54, 1.807) is 0 Å². The van der Waals surface area contributed by atoms with Gasteiger partial charge in [-0.3, -0.25) is 9.59 Å². The zero-order valence-corrected chi connectivity index (χ0v) is 16.0. The Kier molecular flexibility index (Phi) is 6.39. The molecule has 1 atom stereocenters. The van der Waals surface area contributed by atoms with Crippen LogP contribution in [0.3, 0.4) is 0 Å². The van der Waals surface area contributed by atoms with Crippen LogP contribution in [0.4, 0.5) is 17.1 Å². The summed E-state index contributed by atoms with van der Waals surface area (Å²) in [5.41, 5.74) is 4.49. The first-order valence-corrected chi connectivity index (χ1v) is 8.82. The van der Waals surface area contributed by atoms with Crippen LogP contribution in [0, 0.1) is 19.8 Å². The molecule has 2 aromatic carbocycles. The van der Waals surface area contributed by atoms with Crippen molar-refractivity contribution in [3.63, 3.8) is 0 Å². The number of para-hydroxylation sites is 1. The Morgan fingerprint density at radius 1 is 0.769 bits per heavy atom. The van der Waals surface area contributed by atoms with Crippen LogP contribution in [0.25, 0.3) is 0 Å². The quantitative estimate of drug-likeness (QED) is 0.723. The van der Waals surface area contributed by atoms with E-state index in [4.69, 9.17) is 0 Å². The molecule has 0 spiro atoms. The van der Waals surface area contributed by atoms with Gasteiger partial charge in [0.2, 0.25) is 11.8 Å². The van der Waals surface area contributed by atoms with E-state index in [-0.39, 0.29) is 17.7 Å². The van der Waals surface area contributed by atoms with Crippen LogP contribution in [0.5, 0.6) is 0 Å². The van der Waals surface area contributed by atoms with Crippen molar-refractivity contribution in [2.24, 2.45) is 5.92 Å². The molecule has 0 aliphatic rings. The molecule has 2 aromatic rings. The van der Waals surface area contributed by atoms with Gasteiger partial charge in [0.05, 0.1) is 0 Å². The molecule has 26 heavy (non-hydrogen) atoms. The summed E-state index contributed by atoms with van der Waals surface area (Å²) < 4.78 is 0. The van der Waals surface area contributed by atoms with Gasteiger partial charge in [-0.25, -0.2) is 0 Å². The van der Waals surface area contributed by atoms with Gasteiger partial charge in [-0.2, -0.15) is 0 Å². The fourth-order valence-corrected chi connectivity index (χ4v) is 2.50. The SMILES string of the molecule is Cc1cccc(C)c1NC(=O)C(C)Nc1ccc(NC(=O)C(C)C)cc1. The fraction of sp³-hybridized carbons (Fsp3) is 0.333. The number of hydrogen-bond acceptors (Lipinski definition) is 3. The average Bonchev–Trinajstić information content (AvgIpc) is 2.59. The van der Waals surface area contributed by atoms with Crippen molar-refractivity contribution in [3.8, 4) is 0 Å². The minimum atomic E-state index is -0.398. The molecule has 2 amide bonds. The van der Waals surface area contributed by atoms with Gasteiger partial charge in [-0.05, 0) is 56.2 Å². The summed E-state index contributed by atoms with van der Waals surface area (Å²) in [6.07, 6.45) is 0. The zero-order valence-electron chi connectivity index (χ0n) is 16.0. The summed E-state index contributed by atoms with van der Waals surface area (Å²) in [4.78, 5) is 24.2. The van der Waals surface area contributed by atoms with Crippen LogP contribution in [0.15, 0.2) is 42.5 Å². The van der Waals surface area contributed by atoms with Gasteiger partial charge < -0.3 is 16.0 Å². The molecule has 0 radical (unpaired) electrons. The Labute approximate surface area is 155 Å². The van der Waals surface area contributed by atoms with E-state index in [0.717, 1.165) is 28.2 Å². The minimum absolute atomic E-state index is 0.0212. The van der Waals surface area contributed by atoms with Gasteiger partial charge in [-0.1, -0.05) is 32.0 Å². The summed E-state index contributed by atoms with van der Waals surface area (Å²) in [5, 5.41) is 9.01. The van der Waals surface area contributed by atoms with Crippen molar-refractivity contribution < 1.29 is 9.59 Å². The Balaban J connectivity index is 1.97. The molecular formula is C21H27N3O2. The number of carbonyl (C=O) groups is 2. The van der Waals surface area contributed by atoms with Gasteiger partial charge in [0.25, 0.3) is 0 Å². The zero-order chi connectivity index (χ0) is 19.3. The molecule has 2 rings (SSSR count). The molecule has 0 aliphatic heterocycles. The largest absolute Gasteiger partial charge is 0.374 e.